The predicted molar refractivity (Wildman–Crippen MR) is 113 cm³/mol. The Balaban J connectivity index is 1.32. The number of amides is 1. The van der Waals surface area contributed by atoms with E-state index in [1.165, 1.54) is 0 Å². The minimum absolute atomic E-state index is 0.0635. The molecule has 30 heavy (non-hydrogen) atoms. The average Bonchev–Trinajstić information content (AvgIpc) is 2.78. The fourth-order valence-corrected chi connectivity index (χ4v) is 3.53. The molecule has 158 valence electrons. The molecule has 0 atom stereocenters. The van der Waals surface area contributed by atoms with E-state index in [2.05, 4.69) is 21.3 Å². The summed E-state index contributed by atoms with van der Waals surface area (Å²) >= 11 is 0. The maximum atomic E-state index is 12.3. The standard InChI is InChI=1S/C23H28N4O3/c1-29-22-15-18(16-24)7-8-21(22)30-14-4-6-23(28)26-19-9-12-27(13-10-19)17-20-5-2-3-11-25-20/h2-3,5,7-8,11,15,19H,4,6,9-10,12-14,17H2,1H3,(H,26,28). The number of nitriles is 1. The SMILES string of the molecule is COc1cc(C#N)ccc1OCCCC(=O)NC1CCN(Cc2ccccn2)CC1. The molecule has 1 N–H and O–H groups in total. The third kappa shape index (κ3) is 6.46. The number of hydrogen-bond donors (Lipinski definition) is 1. The van der Waals surface area contributed by atoms with E-state index < -0.39 is 0 Å². The lowest BCUT2D eigenvalue weighted by Crippen LogP contribution is -2.44. The number of hydrogen-bond acceptors (Lipinski definition) is 6. The molecule has 2 heterocycles. The van der Waals surface area contributed by atoms with Crippen LogP contribution in [0.2, 0.25) is 0 Å². The third-order valence-corrected chi connectivity index (χ3v) is 5.16. The lowest BCUT2D eigenvalue weighted by molar-refractivity contribution is -0.122. The molecule has 7 heteroatoms. The van der Waals surface area contributed by atoms with Crippen LogP contribution in [-0.4, -0.2) is 48.6 Å². The van der Waals surface area contributed by atoms with Crippen molar-refractivity contribution in [1.29, 1.82) is 5.26 Å². The zero-order valence-corrected chi connectivity index (χ0v) is 17.3. The van der Waals surface area contributed by atoms with Gasteiger partial charge in [-0.15, -0.1) is 0 Å². The lowest BCUT2D eigenvalue weighted by atomic mass is 10.0. The van der Waals surface area contributed by atoms with Crippen molar-refractivity contribution >= 4 is 5.91 Å². The largest absolute Gasteiger partial charge is 0.493 e. The van der Waals surface area contributed by atoms with Crippen LogP contribution in [0.15, 0.2) is 42.6 Å². The number of carbonyl (C=O) groups excluding carboxylic acids is 1. The molecule has 0 spiro atoms. The van der Waals surface area contributed by atoms with Crippen LogP contribution < -0.4 is 14.8 Å². The highest BCUT2D eigenvalue weighted by molar-refractivity contribution is 5.76. The number of piperidine rings is 1. The molecule has 0 radical (unpaired) electrons. The minimum Gasteiger partial charge on any atom is -0.493 e. The maximum absolute atomic E-state index is 12.3. The Bertz CT molecular complexity index is 858. The van der Waals surface area contributed by atoms with Gasteiger partial charge >= 0.3 is 0 Å². The van der Waals surface area contributed by atoms with Crippen LogP contribution in [0.4, 0.5) is 0 Å². The Morgan fingerprint density at radius 2 is 2.10 bits per heavy atom. The summed E-state index contributed by atoms with van der Waals surface area (Å²) in [5.74, 6) is 1.17. The second-order valence-corrected chi connectivity index (χ2v) is 7.37. The molecule has 1 fully saturated rings. The second kappa shape index (κ2) is 11.2. The average molecular weight is 409 g/mol. The quantitative estimate of drug-likeness (QED) is 0.642. The number of ether oxygens (including phenoxy) is 2. The Hall–Kier alpha value is -3.11. The zero-order chi connectivity index (χ0) is 21.2. The van der Waals surface area contributed by atoms with Crippen LogP contribution in [0.3, 0.4) is 0 Å². The summed E-state index contributed by atoms with van der Waals surface area (Å²) in [7, 11) is 1.54. The number of nitrogens with zero attached hydrogens (tertiary/aromatic N) is 3. The van der Waals surface area contributed by atoms with Crippen LogP contribution in [0, 0.1) is 11.3 Å². The van der Waals surface area contributed by atoms with Crippen molar-refractivity contribution in [2.75, 3.05) is 26.8 Å². The topological polar surface area (TPSA) is 87.5 Å². The van der Waals surface area contributed by atoms with Gasteiger partial charge in [-0.3, -0.25) is 14.7 Å². The molecule has 0 bridgehead atoms. The molecule has 1 aromatic carbocycles. The first-order chi connectivity index (χ1) is 14.7. The highest BCUT2D eigenvalue weighted by atomic mass is 16.5. The van der Waals surface area contributed by atoms with Gasteiger partial charge in [0.25, 0.3) is 0 Å². The molecular weight excluding hydrogens is 380 g/mol. The smallest absolute Gasteiger partial charge is 0.220 e. The molecule has 0 unspecified atom stereocenters. The fourth-order valence-electron chi connectivity index (χ4n) is 3.53. The summed E-state index contributed by atoms with van der Waals surface area (Å²) in [6.07, 6.45) is 4.78. The first-order valence-electron chi connectivity index (χ1n) is 10.3. The molecule has 0 saturated carbocycles. The number of methoxy groups -OCH3 is 1. The predicted octanol–water partition coefficient (Wildman–Crippen LogP) is 2.90. The molecule has 0 aliphatic carbocycles. The van der Waals surface area contributed by atoms with E-state index in [1.807, 2.05) is 24.4 Å². The summed E-state index contributed by atoms with van der Waals surface area (Å²) < 4.78 is 11.0. The van der Waals surface area contributed by atoms with Crippen LogP contribution in [-0.2, 0) is 11.3 Å². The van der Waals surface area contributed by atoms with Gasteiger partial charge in [-0.05, 0) is 43.5 Å². The van der Waals surface area contributed by atoms with Crippen molar-refractivity contribution < 1.29 is 14.3 Å². The molecule has 2 aromatic rings. The van der Waals surface area contributed by atoms with Gasteiger partial charge in [0.2, 0.25) is 5.91 Å². The summed E-state index contributed by atoms with van der Waals surface area (Å²) in [4.78, 5) is 19.0. The Kier molecular flexibility index (Phi) is 8.04. The van der Waals surface area contributed by atoms with Gasteiger partial charge in [0.05, 0.1) is 31.0 Å². The fraction of sp³-hybridized carbons (Fsp3) is 0.435. The summed E-state index contributed by atoms with van der Waals surface area (Å²) in [6.45, 7) is 3.20. The van der Waals surface area contributed by atoms with E-state index in [-0.39, 0.29) is 11.9 Å². The van der Waals surface area contributed by atoms with Gasteiger partial charge in [-0.1, -0.05) is 6.07 Å². The van der Waals surface area contributed by atoms with Crippen molar-refractivity contribution in [2.45, 2.75) is 38.3 Å². The van der Waals surface area contributed by atoms with Crippen LogP contribution in [0.1, 0.15) is 36.9 Å². The number of aromatic nitrogens is 1. The number of rotatable bonds is 9. The number of likely N-dealkylation sites (tertiary alicyclic amines) is 1. The third-order valence-electron chi connectivity index (χ3n) is 5.16. The Morgan fingerprint density at radius 1 is 1.27 bits per heavy atom. The Morgan fingerprint density at radius 3 is 2.80 bits per heavy atom. The Labute approximate surface area is 177 Å². The molecule has 1 saturated heterocycles. The summed E-state index contributed by atoms with van der Waals surface area (Å²) in [5, 5.41) is 12.1. The second-order valence-electron chi connectivity index (χ2n) is 7.37. The van der Waals surface area contributed by atoms with E-state index in [0.717, 1.165) is 38.2 Å². The van der Waals surface area contributed by atoms with Crippen LogP contribution in [0.25, 0.3) is 0 Å². The molecule has 3 rings (SSSR count). The highest BCUT2D eigenvalue weighted by Crippen LogP contribution is 2.28. The first-order valence-corrected chi connectivity index (χ1v) is 10.3. The molecular formula is C23H28N4O3. The van der Waals surface area contributed by atoms with Crippen molar-refractivity contribution in [3.63, 3.8) is 0 Å². The van der Waals surface area contributed by atoms with Crippen LogP contribution in [0.5, 0.6) is 11.5 Å². The van der Waals surface area contributed by atoms with Gasteiger partial charge in [0.1, 0.15) is 0 Å². The number of pyridine rings is 1. The normalized spacial score (nSPS) is 14.7. The van der Waals surface area contributed by atoms with Crippen molar-refractivity contribution in [2.24, 2.45) is 0 Å². The van der Waals surface area contributed by atoms with Gasteiger partial charge in [-0.25, -0.2) is 0 Å². The monoisotopic (exact) mass is 408 g/mol. The maximum Gasteiger partial charge on any atom is 0.220 e. The molecule has 1 amide bonds. The minimum atomic E-state index is 0.0635. The van der Waals surface area contributed by atoms with E-state index in [9.17, 15) is 4.79 Å². The van der Waals surface area contributed by atoms with E-state index >= 15 is 0 Å². The molecule has 1 aromatic heterocycles. The number of nitrogens with one attached hydrogen (secondary N) is 1. The zero-order valence-electron chi connectivity index (χ0n) is 17.3. The van der Waals surface area contributed by atoms with Crippen molar-refractivity contribution in [3.05, 3.63) is 53.9 Å². The summed E-state index contributed by atoms with van der Waals surface area (Å²) in [6, 6.07) is 13.3. The van der Waals surface area contributed by atoms with E-state index in [1.54, 1.807) is 25.3 Å². The van der Waals surface area contributed by atoms with Crippen molar-refractivity contribution in [3.8, 4) is 17.6 Å². The van der Waals surface area contributed by atoms with Gasteiger partial charge < -0.3 is 14.8 Å². The molecule has 1 aliphatic heterocycles. The van der Waals surface area contributed by atoms with E-state index in [4.69, 9.17) is 14.7 Å². The number of benzene rings is 1. The van der Waals surface area contributed by atoms with Crippen molar-refractivity contribution in [1.82, 2.24) is 15.2 Å². The first kappa shape index (κ1) is 21.6. The van der Waals surface area contributed by atoms with Gasteiger partial charge in [-0.2, -0.15) is 5.26 Å². The highest BCUT2D eigenvalue weighted by Gasteiger charge is 2.20. The summed E-state index contributed by atoms with van der Waals surface area (Å²) in [5.41, 5.74) is 1.60. The van der Waals surface area contributed by atoms with Crippen LogP contribution >= 0.6 is 0 Å². The number of carbonyl (C=O) groups is 1. The lowest BCUT2D eigenvalue weighted by Gasteiger charge is -2.32. The molecule has 1 aliphatic rings. The molecule has 7 nitrogen and oxygen atoms in total. The van der Waals surface area contributed by atoms with Gasteiger partial charge in [0.15, 0.2) is 11.5 Å². The van der Waals surface area contributed by atoms with Gasteiger partial charge in [0, 0.05) is 44.4 Å². The van der Waals surface area contributed by atoms with E-state index in [0.29, 0.717) is 36.5 Å².